The van der Waals surface area contributed by atoms with Crippen LogP contribution in [0.4, 0.5) is 9.52 Å². The van der Waals surface area contributed by atoms with Gasteiger partial charge in [0.15, 0.2) is 5.13 Å². The van der Waals surface area contributed by atoms with Crippen LogP contribution in [0.5, 0.6) is 0 Å². The number of halogens is 1. The maximum Gasteiger partial charge on any atom is 0.183 e. The van der Waals surface area contributed by atoms with E-state index in [1.165, 1.54) is 36.3 Å². The summed E-state index contributed by atoms with van der Waals surface area (Å²) in [7, 11) is 0. The lowest BCUT2D eigenvalue weighted by Crippen LogP contribution is -2.26. The number of aliphatic hydroxyl groups excluding tert-OH is 1. The molecule has 3 nitrogen and oxygen atoms in total. The van der Waals surface area contributed by atoms with Crippen molar-refractivity contribution in [3.8, 4) is 11.3 Å². The third-order valence-electron chi connectivity index (χ3n) is 4.05. The number of rotatable bonds is 5. The van der Waals surface area contributed by atoms with Crippen molar-refractivity contribution < 1.29 is 9.50 Å². The van der Waals surface area contributed by atoms with E-state index in [4.69, 9.17) is 0 Å². The van der Waals surface area contributed by atoms with Crippen LogP contribution in [0, 0.1) is 11.7 Å². The molecule has 1 aromatic heterocycles. The Morgan fingerprint density at radius 1 is 1.29 bits per heavy atom. The molecule has 2 aromatic rings. The molecule has 2 N–H and O–H groups in total. The normalized spacial score (nSPS) is 17.0. The summed E-state index contributed by atoms with van der Waals surface area (Å²) in [5, 5.41) is 16.1. The first kappa shape index (κ1) is 14.5. The van der Waals surface area contributed by atoms with Gasteiger partial charge in [0.05, 0.1) is 11.8 Å². The number of aliphatic hydroxyl groups is 1. The van der Waals surface area contributed by atoms with Crippen molar-refractivity contribution in [2.24, 2.45) is 5.92 Å². The van der Waals surface area contributed by atoms with Gasteiger partial charge in [-0.3, -0.25) is 0 Å². The highest BCUT2D eigenvalue weighted by Crippen LogP contribution is 2.29. The van der Waals surface area contributed by atoms with Gasteiger partial charge in [-0.05, 0) is 43.0 Å². The van der Waals surface area contributed by atoms with E-state index in [2.05, 4.69) is 10.3 Å². The molecule has 0 aliphatic heterocycles. The Morgan fingerprint density at radius 3 is 2.71 bits per heavy atom. The number of anilines is 1. The summed E-state index contributed by atoms with van der Waals surface area (Å²) in [6.45, 7) is 0.543. The molecule has 1 atom stereocenters. The van der Waals surface area contributed by atoms with Gasteiger partial charge in [0.1, 0.15) is 5.82 Å². The molecule has 0 spiro atoms. The first-order chi connectivity index (χ1) is 10.2. The van der Waals surface area contributed by atoms with Gasteiger partial charge in [-0.15, -0.1) is 11.3 Å². The SMILES string of the molecule is OC(CNc1nc(-c2ccc(F)cc2)cs1)C1CCCC1. The van der Waals surface area contributed by atoms with Crippen molar-refractivity contribution in [1.82, 2.24) is 4.98 Å². The fraction of sp³-hybridized carbons (Fsp3) is 0.438. The quantitative estimate of drug-likeness (QED) is 0.880. The predicted molar refractivity (Wildman–Crippen MR) is 84.0 cm³/mol. The van der Waals surface area contributed by atoms with Crippen LogP contribution in [0.15, 0.2) is 29.6 Å². The average Bonchev–Trinajstić information content (AvgIpc) is 3.17. The number of nitrogens with zero attached hydrogens (tertiary/aromatic N) is 1. The molecule has 0 bridgehead atoms. The van der Waals surface area contributed by atoms with E-state index in [-0.39, 0.29) is 11.9 Å². The summed E-state index contributed by atoms with van der Waals surface area (Å²) in [5.74, 6) is 0.182. The van der Waals surface area contributed by atoms with Crippen LogP contribution < -0.4 is 5.32 Å². The lowest BCUT2D eigenvalue weighted by atomic mass is 10.0. The molecule has 112 valence electrons. The minimum absolute atomic E-state index is 0.244. The van der Waals surface area contributed by atoms with Gasteiger partial charge in [-0.2, -0.15) is 0 Å². The van der Waals surface area contributed by atoms with Gasteiger partial charge >= 0.3 is 0 Å². The summed E-state index contributed by atoms with van der Waals surface area (Å²) in [5.41, 5.74) is 1.73. The monoisotopic (exact) mass is 306 g/mol. The van der Waals surface area contributed by atoms with E-state index in [0.717, 1.165) is 29.2 Å². The Balaban J connectivity index is 1.58. The Kier molecular flexibility index (Phi) is 4.51. The molecule has 1 aliphatic rings. The maximum absolute atomic E-state index is 12.9. The van der Waals surface area contributed by atoms with Crippen LogP contribution in [0.1, 0.15) is 25.7 Å². The zero-order valence-electron chi connectivity index (χ0n) is 11.8. The fourth-order valence-electron chi connectivity index (χ4n) is 2.81. The molecule has 5 heteroatoms. The molecule has 1 fully saturated rings. The topological polar surface area (TPSA) is 45.1 Å². The summed E-state index contributed by atoms with van der Waals surface area (Å²) >= 11 is 1.51. The van der Waals surface area contributed by atoms with Crippen LogP contribution in [-0.2, 0) is 0 Å². The van der Waals surface area contributed by atoms with Crippen LogP contribution in [0.25, 0.3) is 11.3 Å². The van der Waals surface area contributed by atoms with E-state index in [1.54, 1.807) is 12.1 Å². The van der Waals surface area contributed by atoms with E-state index in [9.17, 15) is 9.50 Å². The highest BCUT2D eigenvalue weighted by Gasteiger charge is 2.23. The van der Waals surface area contributed by atoms with E-state index < -0.39 is 0 Å². The van der Waals surface area contributed by atoms with Gasteiger partial charge in [-0.1, -0.05) is 12.8 Å². The van der Waals surface area contributed by atoms with Crippen molar-refractivity contribution in [3.05, 3.63) is 35.5 Å². The minimum Gasteiger partial charge on any atom is -0.391 e. The van der Waals surface area contributed by atoms with Crippen LogP contribution in [0.2, 0.25) is 0 Å². The molecule has 1 saturated carbocycles. The summed E-state index contributed by atoms with van der Waals surface area (Å²) in [4.78, 5) is 4.48. The molecule has 1 aromatic carbocycles. The standard InChI is InChI=1S/C16H19FN2OS/c17-13-7-5-11(6-8-13)14-10-21-16(19-14)18-9-15(20)12-3-1-2-4-12/h5-8,10,12,15,20H,1-4,9H2,(H,18,19). The van der Waals surface area contributed by atoms with Crippen molar-refractivity contribution in [2.75, 3.05) is 11.9 Å². The summed E-state index contributed by atoms with van der Waals surface area (Å²) < 4.78 is 12.9. The number of benzene rings is 1. The molecular formula is C16H19FN2OS. The average molecular weight is 306 g/mol. The molecule has 1 heterocycles. The number of nitrogens with one attached hydrogen (secondary N) is 1. The van der Waals surface area contributed by atoms with Gasteiger partial charge in [-0.25, -0.2) is 9.37 Å². The summed E-state index contributed by atoms with van der Waals surface area (Å²) in [6.07, 6.45) is 4.41. The lowest BCUT2D eigenvalue weighted by Gasteiger charge is -2.17. The zero-order valence-corrected chi connectivity index (χ0v) is 12.6. The lowest BCUT2D eigenvalue weighted by molar-refractivity contribution is 0.123. The molecule has 0 amide bonds. The van der Waals surface area contributed by atoms with Crippen molar-refractivity contribution in [1.29, 1.82) is 0 Å². The third-order valence-corrected chi connectivity index (χ3v) is 4.85. The smallest absolute Gasteiger partial charge is 0.183 e. The zero-order chi connectivity index (χ0) is 14.7. The highest BCUT2D eigenvalue weighted by atomic mass is 32.1. The maximum atomic E-state index is 12.9. The van der Waals surface area contributed by atoms with Gasteiger partial charge < -0.3 is 10.4 Å². The Bertz CT molecular complexity index is 578. The van der Waals surface area contributed by atoms with E-state index >= 15 is 0 Å². The second kappa shape index (κ2) is 6.54. The van der Waals surface area contributed by atoms with Crippen molar-refractivity contribution in [3.63, 3.8) is 0 Å². The molecule has 0 radical (unpaired) electrons. The highest BCUT2D eigenvalue weighted by molar-refractivity contribution is 7.14. The van der Waals surface area contributed by atoms with Crippen molar-refractivity contribution in [2.45, 2.75) is 31.8 Å². The molecule has 1 unspecified atom stereocenters. The first-order valence-electron chi connectivity index (χ1n) is 7.36. The molecule has 1 aliphatic carbocycles. The number of thiazole rings is 1. The Labute approximate surface area is 127 Å². The van der Waals surface area contributed by atoms with Crippen molar-refractivity contribution >= 4 is 16.5 Å². The molecule has 0 saturated heterocycles. The predicted octanol–water partition coefficient (Wildman–Crippen LogP) is 3.91. The minimum atomic E-state index is -0.300. The van der Waals surface area contributed by atoms with Gasteiger partial charge in [0.2, 0.25) is 0 Å². The second-order valence-corrected chi connectivity index (χ2v) is 6.40. The van der Waals surface area contributed by atoms with E-state index in [0.29, 0.717) is 12.5 Å². The second-order valence-electron chi connectivity index (χ2n) is 5.54. The molecule has 21 heavy (non-hydrogen) atoms. The Hall–Kier alpha value is -1.46. The first-order valence-corrected chi connectivity index (χ1v) is 8.24. The van der Waals surface area contributed by atoms with Gasteiger partial charge in [0, 0.05) is 17.5 Å². The van der Waals surface area contributed by atoms with Crippen LogP contribution in [0.3, 0.4) is 0 Å². The molecule has 3 rings (SSSR count). The van der Waals surface area contributed by atoms with E-state index in [1.807, 2.05) is 5.38 Å². The number of hydrogen-bond donors (Lipinski definition) is 2. The Morgan fingerprint density at radius 2 is 2.00 bits per heavy atom. The number of aromatic nitrogens is 1. The van der Waals surface area contributed by atoms with Gasteiger partial charge in [0.25, 0.3) is 0 Å². The van der Waals surface area contributed by atoms with Crippen LogP contribution >= 0.6 is 11.3 Å². The summed E-state index contributed by atoms with van der Waals surface area (Å²) in [6, 6.07) is 6.32. The largest absolute Gasteiger partial charge is 0.391 e. The number of hydrogen-bond acceptors (Lipinski definition) is 4. The third kappa shape index (κ3) is 3.60. The fourth-order valence-corrected chi connectivity index (χ4v) is 3.54. The molecular weight excluding hydrogens is 287 g/mol. The van der Waals surface area contributed by atoms with Crippen LogP contribution in [-0.4, -0.2) is 22.7 Å².